The van der Waals surface area contributed by atoms with Gasteiger partial charge < -0.3 is 9.64 Å². The standard InChI is InChI=1S/C23H23N3O3/c1-2-26-23(28)20(22(27)25-13-15-29-16-14-25)19(17-9-5-3-6-10-17)21(24-26)18-11-7-4-8-12-18/h3-12H,2,13-16H2,1H3. The van der Waals surface area contributed by atoms with Gasteiger partial charge >= 0.3 is 0 Å². The number of rotatable bonds is 4. The van der Waals surface area contributed by atoms with Crippen molar-refractivity contribution in [1.82, 2.24) is 14.7 Å². The molecule has 6 heteroatoms. The fourth-order valence-corrected chi connectivity index (χ4v) is 3.59. The van der Waals surface area contributed by atoms with Crippen LogP contribution in [0.1, 0.15) is 17.3 Å². The molecular formula is C23H23N3O3. The minimum atomic E-state index is -0.359. The molecule has 1 amide bonds. The molecule has 2 aromatic carbocycles. The lowest BCUT2D eigenvalue weighted by Crippen LogP contribution is -2.44. The molecule has 1 saturated heterocycles. The smallest absolute Gasteiger partial charge is 0.280 e. The molecule has 3 aromatic rings. The number of carbonyl (C=O) groups excluding carboxylic acids is 1. The van der Waals surface area contributed by atoms with E-state index in [2.05, 4.69) is 5.10 Å². The van der Waals surface area contributed by atoms with Crippen LogP contribution in [0.5, 0.6) is 0 Å². The van der Waals surface area contributed by atoms with Gasteiger partial charge in [0, 0.05) is 30.8 Å². The van der Waals surface area contributed by atoms with E-state index < -0.39 is 0 Å². The number of morpholine rings is 1. The van der Waals surface area contributed by atoms with Crippen molar-refractivity contribution in [3.63, 3.8) is 0 Å². The lowest BCUT2D eigenvalue weighted by molar-refractivity contribution is 0.0301. The van der Waals surface area contributed by atoms with Crippen LogP contribution in [0.4, 0.5) is 0 Å². The first-order valence-corrected chi connectivity index (χ1v) is 9.83. The first kappa shape index (κ1) is 19.1. The Hall–Kier alpha value is -3.25. The van der Waals surface area contributed by atoms with Crippen LogP contribution in [0.15, 0.2) is 65.5 Å². The van der Waals surface area contributed by atoms with E-state index in [1.807, 2.05) is 67.6 Å². The van der Waals surface area contributed by atoms with Crippen LogP contribution in [0.2, 0.25) is 0 Å². The third kappa shape index (κ3) is 3.71. The maximum Gasteiger partial charge on any atom is 0.280 e. The van der Waals surface area contributed by atoms with Crippen LogP contribution < -0.4 is 5.56 Å². The predicted molar refractivity (Wildman–Crippen MR) is 112 cm³/mol. The van der Waals surface area contributed by atoms with Crippen LogP contribution in [-0.4, -0.2) is 46.9 Å². The van der Waals surface area contributed by atoms with Crippen molar-refractivity contribution < 1.29 is 9.53 Å². The van der Waals surface area contributed by atoms with Gasteiger partial charge in [0.25, 0.3) is 11.5 Å². The summed E-state index contributed by atoms with van der Waals surface area (Å²) in [6.45, 7) is 4.14. The van der Waals surface area contributed by atoms with Crippen LogP contribution in [0.3, 0.4) is 0 Å². The highest BCUT2D eigenvalue weighted by molar-refractivity contribution is 6.03. The number of aryl methyl sites for hydroxylation is 1. The molecule has 4 rings (SSSR count). The molecule has 0 saturated carbocycles. The largest absolute Gasteiger partial charge is 0.378 e. The topological polar surface area (TPSA) is 64.4 Å². The average molecular weight is 389 g/mol. The Morgan fingerprint density at radius 3 is 2.14 bits per heavy atom. The molecule has 2 heterocycles. The molecule has 0 N–H and O–H groups in total. The molecule has 29 heavy (non-hydrogen) atoms. The lowest BCUT2D eigenvalue weighted by atomic mass is 9.94. The monoisotopic (exact) mass is 389 g/mol. The first-order chi connectivity index (χ1) is 14.2. The van der Waals surface area contributed by atoms with Gasteiger partial charge in [0.2, 0.25) is 0 Å². The zero-order chi connectivity index (χ0) is 20.2. The fraction of sp³-hybridized carbons (Fsp3) is 0.261. The van der Waals surface area contributed by atoms with Gasteiger partial charge in [-0.05, 0) is 12.5 Å². The molecule has 0 bridgehead atoms. The van der Waals surface area contributed by atoms with E-state index >= 15 is 0 Å². The predicted octanol–water partition coefficient (Wildman–Crippen LogP) is 3.07. The van der Waals surface area contributed by atoms with Gasteiger partial charge in [-0.25, -0.2) is 4.68 Å². The fourth-order valence-electron chi connectivity index (χ4n) is 3.59. The molecule has 1 fully saturated rings. The second-order valence-electron chi connectivity index (χ2n) is 6.86. The average Bonchev–Trinajstić information content (AvgIpc) is 2.80. The van der Waals surface area contributed by atoms with Gasteiger partial charge in [-0.3, -0.25) is 9.59 Å². The Morgan fingerprint density at radius 1 is 0.966 bits per heavy atom. The summed E-state index contributed by atoms with van der Waals surface area (Å²) in [6, 6.07) is 19.2. The maximum absolute atomic E-state index is 13.5. The number of ether oxygens (including phenoxy) is 1. The van der Waals surface area contributed by atoms with Crippen molar-refractivity contribution in [1.29, 1.82) is 0 Å². The molecule has 0 radical (unpaired) electrons. The third-order valence-electron chi connectivity index (χ3n) is 5.08. The quantitative estimate of drug-likeness (QED) is 0.688. The first-order valence-electron chi connectivity index (χ1n) is 9.83. The van der Waals surface area contributed by atoms with Crippen molar-refractivity contribution >= 4 is 5.91 Å². The van der Waals surface area contributed by atoms with E-state index in [1.54, 1.807) is 4.90 Å². The summed E-state index contributed by atoms with van der Waals surface area (Å²) >= 11 is 0. The number of amides is 1. The molecule has 0 spiro atoms. The molecule has 1 aliphatic heterocycles. The molecule has 1 aromatic heterocycles. The zero-order valence-corrected chi connectivity index (χ0v) is 16.4. The summed E-state index contributed by atoms with van der Waals surface area (Å²) in [6.07, 6.45) is 0. The molecule has 0 unspecified atom stereocenters. The Balaban J connectivity index is 2.02. The number of hydrogen-bond acceptors (Lipinski definition) is 4. The minimum Gasteiger partial charge on any atom is -0.378 e. The third-order valence-corrected chi connectivity index (χ3v) is 5.08. The lowest BCUT2D eigenvalue weighted by Gasteiger charge is -2.28. The Bertz CT molecular complexity index is 1060. The molecule has 1 aliphatic rings. The minimum absolute atomic E-state index is 0.175. The summed E-state index contributed by atoms with van der Waals surface area (Å²) in [5.41, 5.74) is 2.70. The number of hydrogen-bond donors (Lipinski definition) is 0. The summed E-state index contributed by atoms with van der Waals surface area (Å²) in [5.74, 6) is -0.265. The van der Waals surface area contributed by atoms with E-state index in [0.29, 0.717) is 44.1 Å². The van der Waals surface area contributed by atoms with E-state index in [-0.39, 0.29) is 17.0 Å². The van der Waals surface area contributed by atoms with E-state index in [4.69, 9.17) is 4.74 Å². The zero-order valence-electron chi connectivity index (χ0n) is 16.4. The van der Waals surface area contributed by atoms with Gasteiger partial charge in [0.15, 0.2) is 0 Å². The van der Waals surface area contributed by atoms with Crippen LogP contribution >= 0.6 is 0 Å². The van der Waals surface area contributed by atoms with Gasteiger partial charge in [0.1, 0.15) is 5.56 Å². The summed E-state index contributed by atoms with van der Waals surface area (Å²) in [5, 5.41) is 4.63. The second kappa shape index (κ2) is 8.41. The molecular weight excluding hydrogens is 366 g/mol. The molecule has 148 valence electrons. The summed E-state index contributed by atoms with van der Waals surface area (Å²) in [7, 11) is 0. The maximum atomic E-state index is 13.5. The Labute approximate surface area is 169 Å². The number of nitrogens with zero attached hydrogens (tertiary/aromatic N) is 3. The summed E-state index contributed by atoms with van der Waals surface area (Å²) < 4.78 is 6.76. The molecule has 0 atom stereocenters. The highest BCUT2D eigenvalue weighted by atomic mass is 16.5. The van der Waals surface area contributed by atoms with Crippen molar-refractivity contribution in [3.05, 3.63) is 76.6 Å². The van der Waals surface area contributed by atoms with E-state index in [1.165, 1.54) is 4.68 Å². The molecule has 0 aliphatic carbocycles. The number of carbonyl (C=O) groups is 1. The number of benzene rings is 2. The van der Waals surface area contributed by atoms with Crippen molar-refractivity contribution in [2.24, 2.45) is 0 Å². The van der Waals surface area contributed by atoms with Gasteiger partial charge in [-0.15, -0.1) is 0 Å². The highest BCUT2D eigenvalue weighted by Crippen LogP contribution is 2.32. The Kier molecular flexibility index (Phi) is 5.53. The van der Waals surface area contributed by atoms with Crippen LogP contribution in [0, 0.1) is 0 Å². The Morgan fingerprint density at radius 2 is 1.55 bits per heavy atom. The van der Waals surface area contributed by atoms with Gasteiger partial charge in [0.05, 0.1) is 18.9 Å². The van der Waals surface area contributed by atoms with E-state index in [0.717, 1.165) is 11.1 Å². The second-order valence-corrected chi connectivity index (χ2v) is 6.86. The SMILES string of the molecule is CCn1nc(-c2ccccc2)c(-c2ccccc2)c(C(=O)N2CCOCC2)c1=O. The van der Waals surface area contributed by atoms with Crippen molar-refractivity contribution in [3.8, 4) is 22.4 Å². The van der Waals surface area contributed by atoms with Crippen LogP contribution in [-0.2, 0) is 11.3 Å². The van der Waals surface area contributed by atoms with Gasteiger partial charge in [-0.2, -0.15) is 5.10 Å². The highest BCUT2D eigenvalue weighted by Gasteiger charge is 2.28. The normalized spacial score (nSPS) is 14.0. The summed E-state index contributed by atoms with van der Waals surface area (Å²) in [4.78, 5) is 28.5. The van der Waals surface area contributed by atoms with Crippen molar-refractivity contribution in [2.75, 3.05) is 26.3 Å². The van der Waals surface area contributed by atoms with E-state index in [9.17, 15) is 9.59 Å². The molecule has 6 nitrogen and oxygen atoms in total. The van der Waals surface area contributed by atoms with Gasteiger partial charge in [-0.1, -0.05) is 60.7 Å². The van der Waals surface area contributed by atoms with Crippen LogP contribution in [0.25, 0.3) is 22.4 Å². The number of aromatic nitrogens is 2. The van der Waals surface area contributed by atoms with Crippen molar-refractivity contribution in [2.45, 2.75) is 13.5 Å².